The number of amides is 1. The van der Waals surface area contributed by atoms with Crippen molar-refractivity contribution in [3.63, 3.8) is 0 Å². The first-order valence-corrected chi connectivity index (χ1v) is 5.14. The minimum Gasteiger partial charge on any atom is -0.381 e. The van der Waals surface area contributed by atoms with Gasteiger partial charge in [0.1, 0.15) is 0 Å². The van der Waals surface area contributed by atoms with E-state index < -0.39 is 0 Å². The number of nitrogens with zero attached hydrogens (tertiary/aromatic N) is 2. The first-order valence-electron chi connectivity index (χ1n) is 5.14. The smallest absolute Gasteiger partial charge is 0.245 e. The SMILES string of the molecule is C=CC(=O)N(CCC#N)C[C@H]1CCOC1. The predicted molar refractivity (Wildman–Crippen MR) is 55.9 cm³/mol. The van der Waals surface area contributed by atoms with Crippen LogP contribution in [0.5, 0.6) is 0 Å². The Bertz CT molecular complexity index is 264. The van der Waals surface area contributed by atoms with Crippen LogP contribution in [0.2, 0.25) is 0 Å². The molecule has 15 heavy (non-hydrogen) atoms. The molecule has 1 aliphatic heterocycles. The molecule has 82 valence electrons. The second-order valence-electron chi connectivity index (χ2n) is 3.63. The molecule has 1 aliphatic rings. The molecular formula is C11H16N2O2. The van der Waals surface area contributed by atoms with Crippen molar-refractivity contribution in [3.05, 3.63) is 12.7 Å². The van der Waals surface area contributed by atoms with Crippen LogP contribution in [0.3, 0.4) is 0 Å². The fourth-order valence-corrected chi connectivity index (χ4v) is 1.64. The monoisotopic (exact) mass is 208 g/mol. The summed E-state index contributed by atoms with van der Waals surface area (Å²) in [5.41, 5.74) is 0. The highest BCUT2D eigenvalue weighted by atomic mass is 16.5. The topological polar surface area (TPSA) is 53.3 Å². The van der Waals surface area contributed by atoms with Gasteiger partial charge in [-0.15, -0.1) is 0 Å². The maximum atomic E-state index is 11.5. The van der Waals surface area contributed by atoms with Crippen LogP contribution in [-0.4, -0.2) is 37.1 Å². The van der Waals surface area contributed by atoms with E-state index in [1.165, 1.54) is 6.08 Å². The van der Waals surface area contributed by atoms with Gasteiger partial charge in [-0.2, -0.15) is 5.26 Å². The van der Waals surface area contributed by atoms with E-state index in [2.05, 4.69) is 6.58 Å². The van der Waals surface area contributed by atoms with Gasteiger partial charge in [0.2, 0.25) is 5.91 Å². The van der Waals surface area contributed by atoms with Gasteiger partial charge in [0.25, 0.3) is 0 Å². The van der Waals surface area contributed by atoms with Crippen LogP contribution < -0.4 is 0 Å². The highest BCUT2D eigenvalue weighted by molar-refractivity contribution is 5.87. The fourth-order valence-electron chi connectivity index (χ4n) is 1.64. The second kappa shape index (κ2) is 6.20. The molecule has 0 aromatic rings. The Hall–Kier alpha value is -1.34. The van der Waals surface area contributed by atoms with Crippen molar-refractivity contribution >= 4 is 5.91 Å². The number of hydrogen-bond acceptors (Lipinski definition) is 3. The summed E-state index contributed by atoms with van der Waals surface area (Å²) < 4.78 is 5.25. The maximum Gasteiger partial charge on any atom is 0.245 e. The Morgan fingerprint density at radius 3 is 3.07 bits per heavy atom. The summed E-state index contributed by atoms with van der Waals surface area (Å²) in [4.78, 5) is 13.1. The molecular weight excluding hydrogens is 192 g/mol. The van der Waals surface area contributed by atoms with Crippen molar-refractivity contribution in [1.29, 1.82) is 5.26 Å². The minimum absolute atomic E-state index is 0.0999. The first kappa shape index (κ1) is 11.7. The van der Waals surface area contributed by atoms with Crippen LogP contribution in [0.25, 0.3) is 0 Å². The summed E-state index contributed by atoms with van der Waals surface area (Å²) in [6.07, 6.45) is 2.66. The number of hydrogen-bond donors (Lipinski definition) is 0. The molecule has 1 saturated heterocycles. The van der Waals surface area contributed by atoms with Crippen molar-refractivity contribution in [1.82, 2.24) is 4.90 Å². The summed E-state index contributed by atoms with van der Waals surface area (Å²) in [7, 11) is 0. The van der Waals surface area contributed by atoms with Crippen LogP contribution in [0.4, 0.5) is 0 Å². The third-order valence-corrected chi connectivity index (χ3v) is 2.48. The molecule has 0 unspecified atom stereocenters. The molecule has 0 radical (unpaired) electrons. The van der Waals surface area contributed by atoms with Gasteiger partial charge in [0.15, 0.2) is 0 Å². The molecule has 4 nitrogen and oxygen atoms in total. The highest BCUT2D eigenvalue weighted by Gasteiger charge is 2.20. The van der Waals surface area contributed by atoms with E-state index in [0.29, 0.717) is 32.0 Å². The second-order valence-corrected chi connectivity index (χ2v) is 3.63. The molecule has 4 heteroatoms. The fraction of sp³-hybridized carbons (Fsp3) is 0.636. The van der Waals surface area contributed by atoms with Crippen molar-refractivity contribution in [3.8, 4) is 6.07 Å². The lowest BCUT2D eigenvalue weighted by molar-refractivity contribution is -0.126. The van der Waals surface area contributed by atoms with Crippen LogP contribution in [0, 0.1) is 17.2 Å². The summed E-state index contributed by atoms with van der Waals surface area (Å²) in [6.45, 7) is 6.11. The molecule has 1 fully saturated rings. The Morgan fingerprint density at radius 1 is 1.73 bits per heavy atom. The van der Waals surface area contributed by atoms with Crippen LogP contribution in [0.15, 0.2) is 12.7 Å². The van der Waals surface area contributed by atoms with Crippen LogP contribution in [-0.2, 0) is 9.53 Å². The molecule has 0 aromatic heterocycles. The normalized spacial score (nSPS) is 19.5. The molecule has 0 saturated carbocycles. The number of carbonyl (C=O) groups is 1. The van der Waals surface area contributed by atoms with Gasteiger partial charge in [-0.3, -0.25) is 4.79 Å². The first-order chi connectivity index (χ1) is 7.27. The van der Waals surface area contributed by atoms with Gasteiger partial charge < -0.3 is 9.64 Å². The molecule has 1 amide bonds. The molecule has 0 spiro atoms. The zero-order chi connectivity index (χ0) is 11.1. The maximum absolute atomic E-state index is 11.5. The van der Waals surface area contributed by atoms with E-state index in [-0.39, 0.29) is 5.91 Å². The van der Waals surface area contributed by atoms with E-state index in [9.17, 15) is 4.79 Å². The third kappa shape index (κ3) is 3.72. The molecule has 1 heterocycles. The van der Waals surface area contributed by atoms with E-state index in [1.807, 2.05) is 6.07 Å². The largest absolute Gasteiger partial charge is 0.381 e. The van der Waals surface area contributed by atoms with Crippen molar-refractivity contribution in [2.75, 3.05) is 26.3 Å². The van der Waals surface area contributed by atoms with Crippen molar-refractivity contribution in [2.24, 2.45) is 5.92 Å². The standard InChI is InChI=1S/C11H16N2O2/c1-2-11(14)13(6-3-5-12)8-10-4-7-15-9-10/h2,10H,1,3-4,6-9H2/t10-/m1/s1. The van der Waals surface area contributed by atoms with Crippen molar-refractivity contribution < 1.29 is 9.53 Å². The quantitative estimate of drug-likeness (QED) is 0.632. The number of rotatable bonds is 5. The Kier molecular flexibility index (Phi) is 4.85. The predicted octanol–water partition coefficient (Wildman–Crippen LogP) is 0.951. The third-order valence-electron chi connectivity index (χ3n) is 2.48. The molecule has 1 rings (SSSR count). The summed E-state index contributed by atoms with van der Waals surface area (Å²) in [5, 5.41) is 8.49. The average Bonchev–Trinajstić information content (AvgIpc) is 2.75. The summed E-state index contributed by atoms with van der Waals surface area (Å²) >= 11 is 0. The van der Waals surface area contributed by atoms with Gasteiger partial charge in [-0.25, -0.2) is 0 Å². The summed E-state index contributed by atoms with van der Waals surface area (Å²) in [6, 6.07) is 2.04. The molecule has 1 atom stereocenters. The average molecular weight is 208 g/mol. The van der Waals surface area contributed by atoms with E-state index in [0.717, 1.165) is 13.0 Å². The van der Waals surface area contributed by atoms with Gasteiger partial charge in [-0.1, -0.05) is 6.58 Å². The number of nitriles is 1. The highest BCUT2D eigenvalue weighted by Crippen LogP contribution is 2.14. The number of carbonyl (C=O) groups excluding carboxylic acids is 1. The van der Waals surface area contributed by atoms with Gasteiger partial charge >= 0.3 is 0 Å². The minimum atomic E-state index is -0.0999. The van der Waals surface area contributed by atoms with Crippen LogP contribution in [0.1, 0.15) is 12.8 Å². The van der Waals surface area contributed by atoms with Gasteiger partial charge in [0.05, 0.1) is 19.1 Å². The number of ether oxygens (including phenoxy) is 1. The van der Waals surface area contributed by atoms with E-state index >= 15 is 0 Å². The van der Waals surface area contributed by atoms with Crippen molar-refractivity contribution in [2.45, 2.75) is 12.8 Å². The lowest BCUT2D eigenvalue weighted by Crippen LogP contribution is -2.35. The van der Waals surface area contributed by atoms with E-state index in [4.69, 9.17) is 10.00 Å². The zero-order valence-corrected chi connectivity index (χ0v) is 8.82. The van der Waals surface area contributed by atoms with Crippen LogP contribution >= 0.6 is 0 Å². The molecule has 0 N–H and O–H groups in total. The molecule has 0 bridgehead atoms. The molecule has 0 aromatic carbocycles. The molecule has 0 aliphatic carbocycles. The lowest BCUT2D eigenvalue weighted by Gasteiger charge is -2.22. The Labute approximate surface area is 90.1 Å². The lowest BCUT2D eigenvalue weighted by atomic mass is 10.1. The van der Waals surface area contributed by atoms with Gasteiger partial charge in [-0.05, 0) is 12.5 Å². The Balaban J connectivity index is 2.43. The zero-order valence-electron chi connectivity index (χ0n) is 8.82. The van der Waals surface area contributed by atoms with Gasteiger partial charge in [0, 0.05) is 25.6 Å². The summed E-state index contributed by atoms with van der Waals surface area (Å²) in [5.74, 6) is 0.310. The van der Waals surface area contributed by atoms with E-state index in [1.54, 1.807) is 4.90 Å². The Morgan fingerprint density at radius 2 is 2.53 bits per heavy atom.